The topological polar surface area (TPSA) is 77.3 Å². The summed E-state index contributed by atoms with van der Waals surface area (Å²) in [5.41, 5.74) is 1.84. The van der Waals surface area contributed by atoms with Gasteiger partial charge in [-0.05, 0) is 110 Å². The van der Waals surface area contributed by atoms with Gasteiger partial charge in [-0.1, -0.05) is 13.2 Å². The predicted molar refractivity (Wildman–Crippen MR) is 139 cm³/mol. The lowest BCUT2D eigenvalue weighted by atomic mass is 10.3. The van der Waals surface area contributed by atoms with E-state index >= 15 is 0 Å². The molecule has 6 heteroatoms. The molecule has 0 N–H and O–H groups in total. The predicted octanol–water partition coefficient (Wildman–Crippen LogP) is 5.33. The summed E-state index contributed by atoms with van der Waals surface area (Å²) >= 11 is 0. The first-order valence-corrected chi connectivity index (χ1v) is 10.0. The minimum Gasteiger partial charge on any atom is -0.423 e. The third-order valence-corrected chi connectivity index (χ3v) is 3.53. The van der Waals surface area contributed by atoms with E-state index in [1.807, 2.05) is 0 Å². The number of rotatable bonds is 6. The molecule has 0 aliphatic carbocycles. The van der Waals surface area contributed by atoms with E-state index in [9.17, 15) is 9.59 Å². The summed E-state index contributed by atoms with van der Waals surface area (Å²) < 4.78 is 10.2. The molecule has 2 aromatic rings. The van der Waals surface area contributed by atoms with Crippen LogP contribution in [0, 0.1) is 60.2 Å². The molecular formula is C30H20N2O4. The second kappa shape index (κ2) is 16.0. The molecule has 0 aliphatic rings. The first-order valence-electron chi connectivity index (χ1n) is 10.0. The van der Waals surface area contributed by atoms with Gasteiger partial charge in [-0.15, -0.1) is 12.8 Å². The number of ether oxygens (including phenoxy) is 2. The monoisotopic (exact) mass is 472 g/mol. The molecule has 36 heavy (non-hydrogen) atoms. The van der Waals surface area contributed by atoms with Gasteiger partial charge in [0.2, 0.25) is 0 Å². The molecule has 0 atom stereocenters. The van der Waals surface area contributed by atoms with Gasteiger partial charge in [-0.25, -0.2) is 9.59 Å². The minimum absolute atomic E-state index is 0.325. The Bertz CT molecular complexity index is 1320. The number of carbonyl (C=O) groups excluding carboxylic acids is 2. The van der Waals surface area contributed by atoms with E-state index in [0.29, 0.717) is 34.0 Å². The van der Waals surface area contributed by atoms with E-state index in [2.05, 4.69) is 70.7 Å². The highest BCUT2D eigenvalue weighted by Gasteiger charge is 2.06. The Labute approximate surface area is 211 Å². The first kappa shape index (κ1) is 28.3. The molecule has 2 aromatic carbocycles. The number of hydrogen-bond acceptors (Lipinski definition) is 6. The molecule has 0 spiro atoms. The Hall–Kier alpha value is -5.74. The molecule has 0 bridgehead atoms. The van der Waals surface area contributed by atoms with Crippen molar-refractivity contribution in [1.82, 2.24) is 0 Å². The van der Waals surface area contributed by atoms with Crippen LogP contribution in [0.15, 0.2) is 83.1 Å². The number of benzene rings is 2. The number of terminal acetylenes is 2. The molecule has 6 nitrogen and oxygen atoms in total. The number of azo groups is 1. The Kier molecular flexibility index (Phi) is 12.5. The maximum atomic E-state index is 11.4. The fraction of sp³-hybridized carbons (Fsp3) is 0.0667. The van der Waals surface area contributed by atoms with Crippen molar-refractivity contribution in [2.24, 2.45) is 10.2 Å². The molecule has 2 rings (SSSR count). The Morgan fingerprint density at radius 2 is 0.944 bits per heavy atom. The van der Waals surface area contributed by atoms with Crippen LogP contribution in [0.25, 0.3) is 0 Å². The fourth-order valence-electron chi connectivity index (χ4n) is 1.86. The Morgan fingerprint density at radius 3 is 1.22 bits per heavy atom. The molecule has 174 valence electrons. The maximum Gasteiger partial charge on any atom is 0.338 e. The maximum absolute atomic E-state index is 11.4. The minimum atomic E-state index is -0.480. The SMILES string of the molecule is C#CC#CC#CC#CC#C.C=C(C)C(=O)Oc1ccc(N=Nc2ccc(OC(=O)C(=C)C)cc2)cc1. The lowest BCUT2D eigenvalue weighted by molar-refractivity contribution is -0.130. The van der Waals surface area contributed by atoms with Crippen LogP contribution in [0.3, 0.4) is 0 Å². The summed E-state index contributed by atoms with van der Waals surface area (Å²) in [4.78, 5) is 22.9. The first-order chi connectivity index (χ1) is 17.3. The van der Waals surface area contributed by atoms with Gasteiger partial charge in [0.1, 0.15) is 11.5 Å². The van der Waals surface area contributed by atoms with Crippen LogP contribution in [0.4, 0.5) is 11.4 Å². The second-order valence-electron chi connectivity index (χ2n) is 6.57. The molecule has 0 radical (unpaired) electrons. The average molecular weight is 473 g/mol. The molecule has 0 fully saturated rings. The number of nitrogens with zero attached hydrogens (tertiary/aromatic N) is 2. The highest BCUT2D eigenvalue weighted by atomic mass is 16.5. The van der Waals surface area contributed by atoms with Gasteiger partial charge in [0.05, 0.1) is 11.4 Å². The zero-order valence-corrected chi connectivity index (χ0v) is 19.7. The molecular weight excluding hydrogens is 452 g/mol. The van der Waals surface area contributed by atoms with Gasteiger partial charge in [-0.3, -0.25) is 0 Å². The molecule has 0 aliphatic heterocycles. The van der Waals surface area contributed by atoms with Gasteiger partial charge in [0, 0.05) is 11.1 Å². The van der Waals surface area contributed by atoms with E-state index in [-0.39, 0.29) is 0 Å². The highest BCUT2D eigenvalue weighted by molar-refractivity contribution is 5.89. The van der Waals surface area contributed by atoms with E-state index in [0.717, 1.165) is 0 Å². The van der Waals surface area contributed by atoms with Gasteiger partial charge < -0.3 is 9.47 Å². The van der Waals surface area contributed by atoms with E-state index < -0.39 is 11.9 Å². The molecule has 0 saturated carbocycles. The summed E-state index contributed by atoms with van der Waals surface area (Å²) in [6, 6.07) is 13.2. The Morgan fingerprint density at radius 1 is 0.639 bits per heavy atom. The van der Waals surface area contributed by atoms with Crippen LogP contribution in [0.2, 0.25) is 0 Å². The normalized spacial score (nSPS) is 8.44. The number of hydrogen-bond donors (Lipinski definition) is 0. The van der Waals surface area contributed by atoms with Crippen molar-refractivity contribution in [1.29, 1.82) is 0 Å². The average Bonchev–Trinajstić information content (AvgIpc) is 2.87. The van der Waals surface area contributed by atoms with Crippen LogP contribution < -0.4 is 9.47 Å². The van der Waals surface area contributed by atoms with Crippen LogP contribution in [-0.4, -0.2) is 11.9 Å². The third-order valence-electron chi connectivity index (χ3n) is 3.53. The fourth-order valence-corrected chi connectivity index (χ4v) is 1.86. The Balaban J connectivity index is 0.000000548. The van der Waals surface area contributed by atoms with Gasteiger partial charge >= 0.3 is 11.9 Å². The zero-order chi connectivity index (χ0) is 26.8. The summed E-state index contributed by atoms with van der Waals surface area (Å²) in [5.74, 6) is 18.2. The molecule has 0 aromatic heterocycles. The van der Waals surface area contributed by atoms with Crippen molar-refractivity contribution in [3.8, 4) is 71.7 Å². The summed E-state index contributed by atoms with van der Waals surface area (Å²) in [5, 5.41) is 8.19. The summed E-state index contributed by atoms with van der Waals surface area (Å²) in [6.45, 7) is 10.2. The van der Waals surface area contributed by atoms with E-state index in [1.165, 1.54) is 0 Å². The van der Waals surface area contributed by atoms with Crippen molar-refractivity contribution in [2.45, 2.75) is 13.8 Å². The molecule has 0 heterocycles. The molecule has 0 amide bonds. The third kappa shape index (κ3) is 11.8. The van der Waals surface area contributed by atoms with Crippen LogP contribution in [0.5, 0.6) is 11.5 Å². The smallest absolute Gasteiger partial charge is 0.338 e. The van der Waals surface area contributed by atoms with Crippen molar-refractivity contribution in [3.63, 3.8) is 0 Å². The van der Waals surface area contributed by atoms with Crippen molar-refractivity contribution in [2.75, 3.05) is 0 Å². The quantitative estimate of drug-likeness (QED) is 0.187. The summed E-state index contributed by atoms with van der Waals surface area (Å²) in [7, 11) is 0. The van der Waals surface area contributed by atoms with Crippen LogP contribution in [0.1, 0.15) is 13.8 Å². The highest BCUT2D eigenvalue weighted by Crippen LogP contribution is 2.23. The van der Waals surface area contributed by atoms with Crippen molar-refractivity contribution < 1.29 is 19.1 Å². The van der Waals surface area contributed by atoms with Gasteiger partial charge in [0.15, 0.2) is 0 Å². The lowest BCUT2D eigenvalue weighted by Gasteiger charge is -2.04. The standard InChI is InChI=1S/C20H18N2O4.C10H2/c1-13(2)19(23)25-17-9-5-15(6-10-17)21-22-16-7-11-18(12-8-16)26-20(24)14(3)4;1-3-5-7-9-10-8-6-4-2/h5-12H,1,3H2,2,4H3;1-2H. The summed E-state index contributed by atoms with van der Waals surface area (Å²) in [6.07, 6.45) is 9.62. The zero-order valence-electron chi connectivity index (χ0n) is 19.7. The number of esters is 2. The van der Waals surface area contributed by atoms with E-state index in [1.54, 1.807) is 62.4 Å². The molecule has 0 unspecified atom stereocenters. The van der Waals surface area contributed by atoms with Crippen molar-refractivity contribution >= 4 is 23.3 Å². The van der Waals surface area contributed by atoms with Gasteiger partial charge in [0.25, 0.3) is 0 Å². The van der Waals surface area contributed by atoms with E-state index in [4.69, 9.17) is 22.3 Å². The largest absolute Gasteiger partial charge is 0.423 e. The number of carbonyl (C=O) groups is 2. The van der Waals surface area contributed by atoms with Crippen LogP contribution in [-0.2, 0) is 9.59 Å². The van der Waals surface area contributed by atoms with Crippen molar-refractivity contribution in [3.05, 3.63) is 72.8 Å². The lowest BCUT2D eigenvalue weighted by Crippen LogP contribution is -2.07. The van der Waals surface area contributed by atoms with Crippen LogP contribution >= 0.6 is 0 Å². The van der Waals surface area contributed by atoms with Gasteiger partial charge in [-0.2, -0.15) is 10.2 Å². The molecule has 0 saturated heterocycles. The second-order valence-corrected chi connectivity index (χ2v) is 6.57.